The lowest BCUT2D eigenvalue weighted by atomic mass is 9.80. The van der Waals surface area contributed by atoms with Gasteiger partial charge in [-0.25, -0.2) is 0 Å². The number of methoxy groups -OCH3 is 1. The van der Waals surface area contributed by atoms with Crippen LogP contribution in [0.4, 0.5) is 0 Å². The molecule has 16 heavy (non-hydrogen) atoms. The fourth-order valence-electron chi connectivity index (χ4n) is 2.17. The molecule has 0 aromatic carbocycles. The molecule has 0 radical (unpaired) electrons. The van der Waals surface area contributed by atoms with E-state index in [0.29, 0.717) is 17.8 Å². The molecule has 1 heterocycles. The van der Waals surface area contributed by atoms with E-state index in [2.05, 4.69) is 10.1 Å². The summed E-state index contributed by atoms with van der Waals surface area (Å²) >= 11 is 0. The molecule has 1 saturated carbocycles. The number of aromatic nitrogens is 2. The number of hydrogen-bond donors (Lipinski definition) is 1. The first kappa shape index (κ1) is 11.5. The second kappa shape index (κ2) is 4.51. The van der Waals surface area contributed by atoms with Gasteiger partial charge in [-0.3, -0.25) is 0 Å². The third-order valence-corrected chi connectivity index (χ3v) is 3.37. The number of hydrogen-bond acceptors (Lipinski definition) is 5. The molecule has 0 atom stereocenters. The Bertz CT molecular complexity index is 343. The van der Waals surface area contributed by atoms with Gasteiger partial charge in [-0.15, -0.1) is 0 Å². The lowest BCUT2D eigenvalue weighted by Crippen LogP contribution is -2.42. The molecule has 1 aliphatic carbocycles. The quantitative estimate of drug-likeness (QED) is 0.841. The monoisotopic (exact) mass is 225 g/mol. The van der Waals surface area contributed by atoms with Crippen molar-refractivity contribution in [2.45, 2.75) is 50.7 Å². The Morgan fingerprint density at radius 2 is 2.19 bits per heavy atom. The average molecular weight is 225 g/mol. The van der Waals surface area contributed by atoms with Crippen LogP contribution in [0, 0.1) is 0 Å². The lowest BCUT2D eigenvalue weighted by Gasteiger charge is -2.33. The molecule has 90 valence electrons. The molecule has 2 rings (SSSR count). The molecule has 1 aromatic rings. The summed E-state index contributed by atoms with van der Waals surface area (Å²) in [5.74, 6) is 1.31. The van der Waals surface area contributed by atoms with E-state index in [1.807, 2.05) is 6.92 Å². The molecule has 0 aliphatic heterocycles. The van der Waals surface area contributed by atoms with Gasteiger partial charge < -0.3 is 15.0 Å². The van der Waals surface area contributed by atoms with E-state index >= 15 is 0 Å². The van der Waals surface area contributed by atoms with E-state index in [1.54, 1.807) is 7.11 Å². The smallest absolute Gasteiger partial charge is 0.226 e. The van der Waals surface area contributed by atoms with Crippen LogP contribution in [0.25, 0.3) is 0 Å². The molecule has 5 heteroatoms. The van der Waals surface area contributed by atoms with Crippen molar-refractivity contribution in [1.29, 1.82) is 0 Å². The van der Waals surface area contributed by atoms with Gasteiger partial charge in [-0.2, -0.15) is 4.98 Å². The minimum atomic E-state index is -0.425. The van der Waals surface area contributed by atoms with Crippen LogP contribution in [0.3, 0.4) is 0 Å². The van der Waals surface area contributed by atoms with Crippen LogP contribution < -0.4 is 5.73 Å². The molecule has 1 aliphatic rings. The number of aryl methyl sites for hydroxylation is 1. The minimum absolute atomic E-state index is 0.328. The highest BCUT2D eigenvalue weighted by Crippen LogP contribution is 2.34. The normalized spacial score (nSPS) is 30.6. The van der Waals surface area contributed by atoms with Gasteiger partial charge in [0.25, 0.3) is 0 Å². The third-order valence-electron chi connectivity index (χ3n) is 3.37. The fraction of sp³-hybridized carbons (Fsp3) is 0.818. The highest BCUT2D eigenvalue weighted by molar-refractivity contribution is 5.06. The summed E-state index contributed by atoms with van der Waals surface area (Å²) in [5, 5.41) is 3.98. The summed E-state index contributed by atoms with van der Waals surface area (Å²) in [6.07, 6.45) is 4.72. The van der Waals surface area contributed by atoms with Crippen LogP contribution in [0.15, 0.2) is 4.52 Å². The van der Waals surface area contributed by atoms with Gasteiger partial charge in [0.15, 0.2) is 5.82 Å². The third kappa shape index (κ3) is 2.10. The van der Waals surface area contributed by atoms with Crippen LogP contribution in [0.1, 0.15) is 44.3 Å². The molecule has 1 fully saturated rings. The first-order chi connectivity index (χ1) is 7.68. The molecular weight excluding hydrogens is 206 g/mol. The van der Waals surface area contributed by atoms with E-state index in [0.717, 1.165) is 32.1 Å². The van der Waals surface area contributed by atoms with E-state index < -0.39 is 5.54 Å². The molecule has 0 unspecified atom stereocenters. The Balaban J connectivity index is 2.08. The zero-order valence-corrected chi connectivity index (χ0v) is 9.90. The van der Waals surface area contributed by atoms with Crippen LogP contribution in [-0.2, 0) is 16.7 Å². The molecule has 5 nitrogen and oxygen atoms in total. The van der Waals surface area contributed by atoms with Crippen molar-refractivity contribution in [3.05, 3.63) is 11.7 Å². The zero-order chi connectivity index (χ0) is 11.6. The van der Waals surface area contributed by atoms with Crippen molar-refractivity contribution in [2.24, 2.45) is 5.73 Å². The second-order valence-electron chi connectivity index (χ2n) is 4.46. The number of ether oxygens (including phenoxy) is 1. The number of nitrogens with zero attached hydrogens (tertiary/aromatic N) is 2. The van der Waals surface area contributed by atoms with Gasteiger partial charge in [0.05, 0.1) is 11.6 Å². The van der Waals surface area contributed by atoms with Crippen LogP contribution in [0.2, 0.25) is 0 Å². The van der Waals surface area contributed by atoms with Gasteiger partial charge in [0.2, 0.25) is 5.89 Å². The first-order valence-electron chi connectivity index (χ1n) is 5.82. The maximum absolute atomic E-state index is 6.32. The van der Waals surface area contributed by atoms with E-state index in [1.165, 1.54) is 0 Å². The van der Waals surface area contributed by atoms with Crippen molar-refractivity contribution in [3.8, 4) is 0 Å². The Hall–Kier alpha value is -0.940. The van der Waals surface area contributed by atoms with Gasteiger partial charge in [-0.1, -0.05) is 12.1 Å². The van der Waals surface area contributed by atoms with Gasteiger partial charge >= 0.3 is 0 Å². The lowest BCUT2D eigenvalue weighted by molar-refractivity contribution is 0.0472. The molecule has 0 saturated heterocycles. The SMILES string of the molecule is CCc1nc(C2(N)CCC(OC)CC2)no1. The molecular formula is C11H19N3O2. The van der Waals surface area contributed by atoms with Crippen molar-refractivity contribution >= 4 is 0 Å². The summed E-state index contributed by atoms with van der Waals surface area (Å²) in [6.45, 7) is 1.99. The predicted octanol–water partition coefficient (Wildman–Crippen LogP) is 1.37. The zero-order valence-electron chi connectivity index (χ0n) is 9.90. The van der Waals surface area contributed by atoms with Gasteiger partial charge in [0.1, 0.15) is 0 Å². The van der Waals surface area contributed by atoms with Crippen LogP contribution >= 0.6 is 0 Å². The molecule has 0 amide bonds. The summed E-state index contributed by atoms with van der Waals surface area (Å²) < 4.78 is 10.4. The topological polar surface area (TPSA) is 74.2 Å². The van der Waals surface area contributed by atoms with Crippen LogP contribution in [0.5, 0.6) is 0 Å². The van der Waals surface area contributed by atoms with Crippen molar-refractivity contribution in [2.75, 3.05) is 7.11 Å². The summed E-state index contributed by atoms with van der Waals surface area (Å²) in [7, 11) is 1.75. The van der Waals surface area contributed by atoms with E-state index in [9.17, 15) is 0 Å². The maximum atomic E-state index is 6.32. The number of rotatable bonds is 3. The van der Waals surface area contributed by atoms with Crippen molar-refractivity contribution < 1.29 is 9.26 Å². The van der Waals surface area contributed by atoms with E-state index in [-0.39, 0.29) is 0 Å². The minimum Gasteiger partial charge on any atom is -0.381 e. The first-order valence-corrected chi connectivity index (χ1v) is 5.82. The van der Waals surface area contributed by atoms with Gasteiger partial charge in [-0.05, 0) is 25.7 Å². The highest BCUT2D eigenvalue weighted by atomic mass is 16.5. The summed E-state index contributed by atoms with van der Waals surface area (Å²) in [5.41, 5.74) is 5.90. The molecule has 2 N–H and O–H groups in total. The van der Waals surface area contributed by atoms with Crippen molar-refractivity contribution in [1.82, 2.24) is 10.1 Å². The standard InChI is InChI=1S/C11H19N3O2/c1-3-9-13-10(14-16-9)11(12)6-4-8(15-2)5-7-11/h8H,3-7,12H2,1-2H3. The van der Waals surface area contributed by atoms with Gasteiger partial charge in [0, 0.05) is 13.5 Å². The Morgan fingerprint density at radius 3 is 2.69 bits per heavy atom. The highest BCUT2D eigenvalue weighted by Gasteiger charge is 2.37. The largest absolute Gasteiger partial charge is 0.381 e. The Kier molecular flexibility index (Phi) is 3.25. The van der Waals surface area contributed by atoms with E-state index in [4.69, 9.17) is 15.0 Å². The second-order valence-corrected chi connectivity index (χ2v) is 4.46. The summed E-state index contributed by atoms with van der Waals surface area (Å²) in [4.78, 5) is 4.33. The summed E-state index contributed by atoms with van der Waals surface area (Å²) in [6, 6.07) is 0. The Labute approximate surface area is 95.3 Å². The predicted molar refractivity (Wildman–Crippen MR) is 58.8 cm³/mol. The molecule has 1 aromatic heterocycles. The van der Waals surface area contributed by atoms with Crippen LogP contribution in [-0.4, -0.2) is 23.4 Å². The fourth-order valence-corrected chi connectivity index (χ4v) is 2.17. The number of nitrogens with two attached hydrogens (primary N) is 1. The molecule has 0 bridgehead atoms. The maximum Gasteiger partial charge on any atom is 0.226 e. The molecule has 0 spiro atoms. The Morgan fingerprint density at radius 1 is 1.50 bits per heavy atom. The van der Waals surface area contributed by atoms with Crippen molar-refractivity contribution in [3.63, 3.8) is 0 Å². The average Bonchev–Trinajstić information content (AvgIpc) is 2.79.